The number of aryl methyl sites for hydroxylation is 2. The average molecular weight is 387 g/mol. The van der Waals surface area contributed by atoms with Crippen LogP contribution in [0, 0.1) is 6.92 Å². The molecule has 7 heteroatoms. The van der Waals surface area contributed by atoms with Crippen molar-refractivity contribution in [2.75, 3.05) is 13.1 Å². The Labute approximate surface area is 163 Å². The summed E-state index contributed by atoms with van der Waals surface area (Å²) in [7, 11) is 0. The van der Waals surface area contributed by atoms with E-state index in [-0.39, 0.29) is 24.1 Å². The van der Waals surface area contributed by atoms with E-state index >= 15 is 0 Å². The van der Waals surface area contributed by atoms with Crippen LogP contribution >= 0.6 is 11.3 Å². The second-order valence-corrected chi connectivity index (χ2v) is 8.40. The standard InChI is InChI=1S/C20H26N4O2S/c1-5-16-21-20-24(22-16)19(25)18(27-20)17(15-8-6-12(2)7-9-15)23-10-13(3)26-14(4)11-23/h6-9,13-14,17,25H,5,10-11H2,1-4H3. The Balaban J connectivity index is 1.81. The van der Waals surface area contributed by atoms with Crippen LogP contribution < -0.4 is 0 Å². The highest BCUT2D eigenvalue weighted by molar-refractivity contribution is 7.17. The van der Waals surface area contributed by atoms with Crippen LogP contribution in [-0.2, 0) is 11.2 Å². The molecule has 0 aliphatic carbocycles. The van der Waals surface area contributed by atoms with Gasteiger partial charge in [-0.05, 0) is 26.3 Å². The van der Waals surface area contributed by atoms with E-state index in [0.29, 0.717) is 0 Å². The summed E-state index contributed by atoms with van der Waals surface area (Å²) < 4.78 is 7.51. The van der Waals surface area contributed by atoms with Gasteiger partial charge in [0.2, 0.25) is 10.8 Å². The molecule has 3 atom stereocenters. The first-order valence-corrected chi connectivity index (χ1v) is 10.3. The van der Waals surface area contributed by atoms with Crippen LogP contribution in [0.3, 0.4) is 0 Å². The van der Waals surface area contributed by atoms with Crippen molar-refractivity contribution in [1.29, 1.82) is 0 Å². The summed E-state index contributed by atoms with van der Waals surface area (Å²) in [5.74, 6) is 0.947. The van der Waals surface area contributed by atoms with Gasteiger partial charge in [0, 0.05) is 19.5 Å². The summed E-state index contributed by atoms with van der Waals surface area (Å²) >= 11 is 1.52. The van der Waals surface area contributed by atoms with Gasteiger partial charge in [-0.1, -0.05) is 48.1 Å². The molecular formula is C20H26N4O2S. The molecule has 4 rings (SSSR count). The number of aromatic nitrogens is 3. The Bertz CT molecular complexity index is 924. The molecule has 1 N–H and O–H groups in total. The highest BCUT2D eigenvalue weighted by Gasteiger charge is 2.34. The molecule has 0 radical (unpaired) electrons. The number of benzene rings is 1. The van der Waals surface area contributed by atoms with Gasteiger partial charge in [-0.2, -0.15) is 4.52 Å². The molecular weight excluding hydrogens is 360 g/mol. The van der Waals surface area contributed by atoms with Gasteiger partial charge >= 0.3 is 0 Å². The minimum absolute atomic E-state index is 0.0435. The van der Waals surface area contributed by atoms with E-state index in [0.717, 1.165) is 40.7 Å². The molecule has 3 aromatic rings. The molecule has 1 aliphatic heterocycles. The quantitative estimate of drug-likeness (QED) is 0.743. The van der Waals surface area contributed by atoms with E-state index in [1.807, 2.05) is 6.92 Å². The molecule has 6 nitrogen and oxygen atoms in total. The zero-order chi connectivity index (χ0) is 19.1. The number of thiazole rings is 1. The summed E-state index contributed by atoms with van der Waals surface area (Å²) in [6.45, 7) is 9.94. The Hall–Kier alpha value is -1.96. The molecule has 1 saturated heterocycles. The van der Waals surface area contributed by atoms with Crippen LogP contribution in [0.1, 0.15) is 48.6 Å². The minimum Gasteiger partial charge on any atom is -0.492 e. The van der Waals surface area contributed by atoms with Crippen LogP contribution in [-0.4, -0.2) is 49.9 Å². The summed E-state index contributed by atoms with van der Waals surface area (Å²) in [6.07, 6.45) is 1.05. The fraction of sp³-hybridized carbons (Fsp3) is 0.500. The molecule has 0 spiro atoms. The normalized spacial score (nSPS) is 22.4. The predicted molar refractivity (Wildman–Crippen MR) is 107 cm³/mol. The molecule has 144 valence electrons. The van der Waals surface area contributed by atoms with Crippen molar-refractivity contribution in [2.45, 2.75) is 52.4 Å². The minimum atomic E-state index is -0.0435. The van der Waals surface area contributed by atoms with Crippen LogP contribution in [0.2, 0.25) is 0 Å². The SMILES string of the molecule is CCc1nc2sc(C(c3ccc(C)cc3)N3CC(C)OC(C)C3)c(O)n2n1. The lowest BCUT2D eigenvalue weighted by Gasteiger charge is -2.40. The van der Waals surface area contributed by atoms with Crippen molar-refractivity contribution in [3.63, 3.8) is 0 Å². The monoisotopic (exact) mass is 386 g/mol. The second-order valence-electron chi connectivity index (χ2n) is 7.39. The Morgan fingerprint density at radius 1 is 1.22 bits per heavy atom. The highest BCUT2D eigenvalue weighted by atomic mass is 32.1. The molecule has 27 heavy (non-hydrogen) atoms. The molecule has 1 aromatic carbocycles. The molecule has 0 bridgehead atoms. The van der Waals surface area contributed by atoms with Gasteiger partial charge in [-0.25, -0.2) is 4.98 Å². The summed E-state index contributed by atoms with van der Waals surface area (Å²) in [6, 6.07) is 8.50. The zero-order valence-corrected chi connectivity index (χ0v) is 17.0. The number of fused-ring (bicyclic) bond motifs is 1. The van der Waals surface area contributed by atoms with Gasteiger partial charge in [0.15, 0.2) is 5.82 Å². The maximum absolute atomic E-state index is 11.0. The van der Waals surface area contributed by atoms with Crippen LogP contribution in [0.4, 0.5) is 0 Å². The first-order chi connectivity index (χ1) is 13.0. The van der Waals surface area contributed by atoms with Crippen molar-refractivity contribution in [3.8, 4) is 5.88 Å². The fourth-order valence-electron chi connectivity index (χ4n) is 3.82. The van der Waals surface area contributed by atoms with E-state index in [2.05, 4.69) is 60.0 Å². The number of hydrogen-bond acceptors (Lipinski definition) is 6. The van der Waals surface area contributed by atoms with Crippen molar-refractivity contribution < 1.29 is 9.84 Å². The number of morpholine rings is 1. The van der Waals surface area contributed by atoms with Gasteiger partial charge in [0.1, 0.15) is 0 Å². The Kier molecular flexibility index (Phi) is 4.92. The van der Waals surface area contributed by atoms with Gasteiger partial charge in [-0.15, -0.1) is 5.10 Å². The first-order valence-electron chi connectivity index (χ1n) is 9.49. The third kappa shape index (κ3) is 3.47. The maximum atomic E-state index is 11.0. The van der Waals surface area contributed by atoms with Crippen molar-refractivity contribution >= 4 is 16.3 Å². The third-order valence-electron chi connectivity index (χ3n) is 5.01. The number of nitrogens with zero attached hydrogens (tertiary/aromatic N) is 4. The summed E-state index contributed by atoms with van der Waals surface area (Å²) in [5.41, 5.74) is 2.39. The van der Waals surface area contributed by atoms with E-state index in [1.54, 1.807) is 4.52 Å². The Morgan fingerprint density at radius 3 is 2.48 bits per heavy atom. The molecule has 1 aliphatic rings. The number of hydrogen-bond donors (Lipinski definition) is 1. The zero-order valence-electron chi connectivity index (χ0n) is 16.2. The Morgan fingerprint density at radius 2 is 1.89 bits per heavy atom. The van der Waals surface area contributed by atoms with Gasteiger partial charge < -0.3 is 9.84 Å². The van der Waals surface area contributed by atoms with Crippen LogP contribution in [0.15, 0.2) is 24.3 Å². The van der Waals surface area contributed by atoms with Crippen LogP contribution in [0.5, 0.6) is 5.88 Å². The van der Waals surface area contributed by atoms with E-state index in [1.165, 1.54) is 16.9 Å². The first kappa shape index (κ1) is 18.4. The van der Waals surface area contributed by atoms with Gasteiger partial charge in [0.25, 0.3) is 0 Å². The largest absolute Gasteiger partial charge is 0.492 e. The van der Waals surface area contributed by atoms with Crippen LogP contribution in [0.25, 0.3) is 4.96 Å². The lowest BCUT2D eigenvalue weighted by atomic mass is 10.0. The topological polar surface area (TPSA) is 62.9 Å². The summed E-state index contributed by atoms with van der Waals surface area (Å²) in [4.78, 5) is 8.57. The van der Waals surface area contributed by atoms with Gasteiger partial charge in [-0.3, -0.25) is 4.90 Å². The molecule has 3 heterocycles. The molecule has 3 unspecified atom stereocenters. The molecule has 0 saturated carbocycles. The second kappa shape index (κ2) is 7.22. The smallest absolute Gasteiger partial charge is 0.230 e. The lowest BCUT2D eigenvalue weighted by Crippen LogP contribution is -2.47. The maximum Gasteiger partial charge on any atom is 0.230 e. The third-order valence-corrected chi connectivity index (χ3v) is 6.09. The average Bonchev–Trinajstić information content (AvgIpc) is 3.16. The van der Waals surface area contributed by atoms with Gasteiger partial charge in [0.05, 0.1) is 23.1 Å². The number of aromatic hydroxyl groups is 1. The van der Waals surface area contributed by atoms with Crippen molar-refractivity contribution in [2.24, 2.45) is 0 Å². The molecule has 2 aromatic heterocycles. The highest BCUT2D eigenvalue weighted by Crippen LogP contribution is 2.41. The van der Waals surface area contributed by atoms with Crippen molar-refractivity contribution in [1.82, 2.24) is 19.5 Å². The molecule has 1 fully saturated rings. The summed E-state index contributed by atoms with van der Waals surface area (Å²) in [5, 5.41) is 15.4. The van der Waals surface area contributed by atoms with E-state index < -0.39 is 0 Å². The molecule has 0 amide bonds. The lowest BCUT2D eigenvalue weighted by molar-refractivity contribution is -0.0764. The predicted octanol–water partition coefficient (Wildman–Crippen LogP) is 3.57. The fourth-order valence-corrected chi connectivity index (χ4v) is 4.96. The van der Waals surface area contributed by atoms with E-state index in [9.17, 15) is 5.11 Å². The van der Waals surface area contributed by atoms with Crippen molar-refractivity contribution in [3.05, 3.63) is 46.1 Å². The number of ether oxygens (including phenoxy) is 1. The number of rotatable bonds is 4. The van der Waals surface area contributed by atoms with E-state index in [4.69, 9.17) is 4.74 Å².